The lowest BCUT2D eigenvalue weighted by Crippen LogP contribution is -1.95. The molecular weight excluding hydrogens is 434 g/mol. The highest BCUT2D eigenvalue weighted by Gasteiger charge is 2.18. The molecule has 0 saturated carbocycles. The Balaban J connectivity index is 1.62. The minimum atomic E-state index is 1.17. The second kappa shape index (κ2) is 8.25. The summed E-state index contributed by atoms with van der Waals surface area (Å²) in [5.74, 6) is 0. The van der Waals surface area contributed by atoms with Gasteiger partial charge in [0.2, 0.25) is 0 Å². The van der Waals surface area contributed by atoms with Crippen molar-refractivity contribution < 1.29 is 0 Å². The number of benzene rings is 6. The Morgan fingerprint density at radius 3 is 1.94 bits per heavy atom. The molecule has 0 amide bonds. The van der Waals surface area contributed by atoms with Gasteiger partial charge in [-0.15, -0.1) is 0 Å². The number of hydrogen-bond donors (Lipinski definition) is 0. The number of fused-ring (bicyclic) bond motifs is 4. The summed E-state index contributed by atoms with van der Waals surface area (Å²) in [6.45, 7) is 2.19. The molecule has 1 heterocycles. The van der Waals surface area contributed by atoms with Gasteiger partial charge in [-0.2, -0.15) is 0 Å². The van der Waals surface area contributed by atoms with Crippen molar-refractivity contribution in [3.63, 3.8) is 0 Å². The summed E-state index contributed by atoms with van der Waals surface area (Å²) in [6.07, 6.45) is 0. The van der Waals surface area contributed by atoms with Crippen LogP contribution >= 0.6 is 0 Å². The number of aryl methyl sites for hydroxylation is 1. The summed E-state index contributed by atoms with van der Waals surface area (Å²) in [6, 6.07) is 48.3. The van der Waals surface area contributed by atoms with E-state index in [0.717, 1.165) is 0 Å². The van der Waals surface area contributed by atoms with Gasteiger partial charge in [-0.3, -0.25) is 0 Å². The monoisotopic (exact) mass is 459 g/mol. The van der Waals surface area contributed by atoms with E-state index in [9.17, 15) is 0 Å². The lowest BCUT2D eigenvalue weighted by atomic mass is 9.94. The Hall–Kier alpha value is -4.62. The number of rotatable bonds is 3. The van der Waals surface area contributed by atoms with Crippen LogP contribution in [0.4, 0.5) is 0 Å². The molecule has 0 bridgehead atoms. The van der Waals surface area contributed by atoms with Crippen LogP contribution in [-0.4, -0.2) is 4.57 Å². The zero-order chi connectivity index (χ0) is 24.1. The van der Waals surface area contributed by atoms with Crippen LogP contribution in [0.5, 0.6) is 0 Å². The van der Waals surface area contributed by atoms with Crippen molar-refractivity contribution in [3.8, 4) is 27.9 Å². The van der Waals surface area contributed by atoms with Gasteiger partial charge in [0.15, 0.2) is 0 Å². The molecule has 0 N–H and O–H groups in total. The third-order valence-electron chi connectivity index (χ3n) is 7.34. The molecule has 0 unspecified atom stereocenters. The van der Waals surface area contributed by atoms with Gasteiger partial charge in [0, 0.05) is 22.0 Å². The molecule has 7 rings (SSSR count). The summed E-state index contributed by atoms with van der Waals surface area (Å²) in [4.78, 5) is 0. The topological polar surface area (TPSA) is 4.93 Å². The molecule has 7 aromatic rings. The normalized spacial score (nSPS) is 11.5. The zero-order valence-electron chi connectivity index (χ0n) is 20.1. The van der Waals surface area contributed by atoms with E-state index in [1.54, 1.807) is 0 Å². The van der Waals surface area contributed by atoms with Gasteiger partial charge in [-0.1, -0.05) is 109 Å². The zero-order valence-corrected chi connectivity index (χ0v) is 20.1. The Morgan fingerprint density at radius 2 is 1.14 bits per heavy atom. The van der Waals surface area contributed by atoms with Gasteiger partial charge in [-0.25, -0.2) is 0 Å². The van der Waals surface area contributed by atoms with E-state index >= 15 is 0 Å². The van der Waals surface area contributed by atoms with Crippen LogP contribution in [0.1, 0.15) is 5.56 Å². The van der Waals surface area contributed by atoms with Gasteiger partial charge in [0.05, 0.1) is 11.0 Å². The van der Waals surface area contributed by atoms with E-state index in [1.807, 2.05) is 0 Å². The Labute approximate surface area is 210 Å². The van der Waals surface area contributed by atoms with Gasteiger partial charge in [0.25, 0.3) is 0 Å². The van der Waals surface area contributed by atoms with E-state index in [2.05, 4.69) is 145 Å². The van der Waals surface area contributed by atoms with Crippen molar-refractivity contribution >= 4 is 32.6 Å². The second-order valence-electron chi connectivity index (χ2n) is 9.45. The molecular formula is C35H25N. The molecule has 0 aliphatic carbocycles. The van der Waals surface area contributed by atoms with Crippen LogP contribution in [0.2, 0.25) is 0 Å². The van der Waals surface area contributed by atoms with Crippen molar-refractivity contribution in [2.45, 2.75) is 6.92 Å². The number of para-hydroxylation sites is 2. The van der Waals surface area contributed by atoms with E-state index in [1.165, 1.54) is 66.1 Å². The average Bonchev–Trinajstić information content (AvgIpc) is 3.28. The number of hydrogen-bond acceptors (Lipinski definition) is 0. The first-order chi connectivity index (χ1) is 17.8. The molecule has 36 heavy (non-hydrogen) atoms. The molecule has 0 aliphatic rings. The van der Waals surface area contributed by atoms with E-state index in [0.29, 0.717) is 0 Å². The maximum absolute atomic E-state index is 2.43. The Kier molecular flexibility index (Phi) is 4.75. The molecule has 1 nitrogen and oxygen atoms in total. The standard InChI is InChI=1S/C35H25N/c1-24-19-21-30(29-16-9-8-15-28(24)29)31-17-10-18-32-33-23-26(25-11-4-2-5-12-25)20-22-34(33)36(35(31)32)27-13-6-3-7-14-27/h2-23H,1H3. The van der Waals surface area contributed by atoms with Crippen molar-refractivity contribution in [3.05, 3.63) is 139 Å². The molecule has 170 valence electrons. The maximum atomic E-state index is 2.43. The summed E-state index contributed by atoms with van der Waals surface area (Å²) >= 11 is 0. The van der Waals surface area contributed by atoms with Gasteiger partial charge in [0.1, 0.15) is 0 Å². The predicted molar refractivity (Wildman–Crippen MR) is 154 cm³/mol. The first-order valence-electron chi connectivity index (χ1n) is 12.5. The SMILES string of the molecule is Cc1ccc(-c2cccc3c4cc(-c5ccccc5)ccc4n(-c4ccccc4)c23)c2ccccc12. The molecule has 1 aromatic heterocycles. The van der Waals surface area contributed by atoms with Crippen LogP contribution in [0, 0.1) is 6.92 Å². The molecule has 0 atom stereocenters. The third kappa shape index (κ3) is 3.17. The molecule has 0 saturated heterocycles. The summed E-state index contributed by atoms with van der Waals surface area (Å²) in [5, 5.41) is 5.14. The van der Waals surface area contributed by atoms with Gasteiger partial charge in [-0.05, 0) is 64.2 Å². The number of nitrogens with zero attached hydrogens (tertiary/aromatic N) is 1. The van der Waals surface area contributed by atoms with Crippen molar-refractivity contribution in [1.29, 1.82) is 0 Å². The fraction of sp³-hybridized carbons (Fsp3) is 0.0286. The molecule has 1 heteroatoms. The lowest BCUT2D eigenvalue weighted by molar-refractivity contribution is 1.18. The van der Waals surface area contributed by atoms with Gasteiger partial charge < -0.3 is 4.57 Å². The van der Waals surface area contributed by atoms with Crippen molar-refractivity contribution in [1.82, 2.24) is 4.57 Å². The highest BCUT2D eigenvalue weighted by atomic mass is 15.0. The Bertz CT molecular complexity index is 1880. The van der Waals surface area contributed by atoms with Crippen LogP contribution in [-0.2, 0) is 0 Å². The third-order valence-corrected chi connectivity index (χ3v) is 7.34. The second-order valence-corrected chi connectivity index (χ2v) is 9.45. The minimum absolute atomic E-state index is 1.17. The lowest BCUT2D eigenvalue weighted by Gasteiger charge is -2.14. The maximum Gasteiger partial charge on any atom is 0.0619 e. The Morgan fingerprint density at radius 1 is 0.444 bits per heavy atom. The minimum Gasteiger partial charge on any atom is -0.309 e. The van der Waals surface area contributed by atoms with Crippen LogP contribution in [0.15, 0.2) is 133 Å². The highest BCUT2D eigenvalue weighted by molar-refractivity contribution is 6.16. The van der Waals surface area contributed by atoms with Crippen molar-refractivity contribution in [2.24, 2.45) is 0 Å². The van der Waals surface area contributed by atoms with Crippen LogP contribution in [0.25, 0.3) is 60.5 Å². The first-order valence-corrected chi connectivity index (χ1v) is 12.5. The summed E-state index contributed by atoms with van der Waals surface area (Å²) < 4.78 is 2.43. The highest BCUT2D eigenvalue weighted by Crippen LogP contribution is 2.41. The molecule has 0 fully saturated rings. The largest absolute Gasteiger partial charge is 0.309 e. The van der Waals surface area contributed by atoms with E-state index in [-0.39, 0.29) is 0 Å². The van der Waals surface area contributed by atoms with Crippen LogP contribution in [0.3, 0.4) is 0 Å². The van der Waals surface area contributed by atoms with Crippen molar-refractivity contribution in [2.75, 3.05) is 0 Å². The van der Waals surface area contributed by atoms with E-state index < -0.39 is 0 Å². The van der Waals surface area contributed by atoms with E-state index in [4.69, 9.17) is 0 Å². The molecule has 0 radical (unpaired) electrons. The molecule has 0 aliphatic heterocycles. The quantitative estimate of drug-likeness (QED) is 0.248. The average molecular weight is 460 g/mol. The van der Waals surface area contributed by atoms with Crippen LogP contribution < -0.4 is 0 Å². The first kappa shape index (κ1) is 20.7. The van der Waals surface area contributed by atoms with Gasteiger partial charge >= 0.3 is 0 Å². The molecule has 6 aromatic carbocycles. The fourth-order valence-electron chi connectivity index (χ4n) is 5.63. The predicted octanol–water partition coefficient (Wildman–Crippen LogP) is 9.58. The molecule has 0 spiro atoms. The summed E-state index contributed by atoms with van der Waals surface area (Å²) in [5.41, 5.74) is 9.95. The number of aromatic nitrogens is 1. The summed E-state index contributed by atoms with van der Waals surface area (Å²) in [7, 11) is 0. The smallest absolute Gasteiger partial charge is 0.0619 e. The fourth-order valence-corrected chi connectivity index (χ4v) is 5.63.